The summed E-state index contributed by atoms with van der Waals surface area (Å²) in [5.74, 6) is 0.216. The zero-order chi connectivity index (χ0) is 21.5. The number of rotatable bonds is 3. The second kappa shape index (κ2) is 7.81. The molecule has 0 spiro atoms. The highest BCUT2D eigenvalue weighted by Gasteiger charge is 2.41. The molecule has 1 aromatic heterocycles. The van der Waals surface area contributed by atoms with Gasteiger partial charge in [-0.15, -0.1) is 0 Å². The Morgan fingerprint density at radius 1 is 1.23 bits per heavy atom. The molecule has 1 aromatic carbocycles. The Morgan fingerprint density at radius 3 is 2.74 bits per heavy atom. The third-order valence-electron chi connectivity index (χ3n) is 5.79. The molecule has 2 aromatic rings. The standard InChI is InChI=1S/C24H20BrN3O3/c1-14(29)28-20(21-8-5-11-31-21)13-19(27-28)23-22(15-6-3-2-4-7-15)17-12-16(25)9-10-18(17)26-24(23)30/h2-12,17-18,20H,13H2,1H3,(H,26,30). The molecule has 3 heterocycles. The van der Waals surface area contributed by atoms with Gasteiger partial charge in [-0.3, -0.25) is 9.59 Å². The zero-order valence-corrected chi connectivity index (χ0v) is 18.4. The number of nitrogens with zero attached hydrogens (tertiary/aromatic N) is 2. The summed E-state index contributed by atoms with van der Waals surface area (Å²) in [4.78, 5) is 25.6. The summed E-state index contributed by atoms with van der Waals surface area (Å²) in [7, 11) is 0. The van der Waals surface area contributed by atoms with Crippen molar-refractivity contribution in [3.05, 3.63) is 88.3 Å². The van der Waals surface area contributed by atoms with Crippen LogP contribution in [-0.4, -0.2) is 28.6 Å². The summed E-state index contributed by atoms with van der Waals surface area (Å²) in [6.07, 6.45) is 8.04. The van der Waals surface area contributed by atoms with Gasteiger partial charge in [-0.2, -0.15) is 5.10 Å². The fourth-order valence-electron chi connectivity index (χ4n) is 4.45. The minimum Gasteiger partial charge on any atom is -0.467 e. The normalized spacial score (nSPS) is 25.2. The van der Waals surface area contributed by atoms with Crippen LogP contribution in [0.4, 0.5) is 0 Å². The first kappa shape index (κ1) is 19.8. The summed E-state index contributed by atoms with van der Waals surface area (Å²) < 4.78 is 6.53. The van der Waals surface area contributed by atoms with Crippen LogP contribution in [0.15, 0.2) is 86.5 Å². The highest BCUT2D eigenvalue weighted by atomic mass is 79.9. The van der Waals surface area contributed by atoms with Crippen LogP contribution < -0.4 is 5.32 Å². The largest absolute Gasteiger partial charge is 0.467 e. The summed E-state index contributed by atoms with van der Waals surface area (Å²) >= 11 is 3.58. The maximum Gasteiger partial charge on any atom is 0.254 e. The van der Waals surface area contributed by atoms with E-state index in [0.29, 0.717) is 23.5 Å². The summed E-state index contributed by atoms with van der Waals surface area (Å²) in [6.45, 7) is 1.47. The average molecular weight is 478 g/mol. The van der Waals surface area contributed by atoms with E-state index in [-0.39, 0.29) is 29.8 Å². The van der Waals surface area contributed by atoms with Gasteiger partial charge in [0.05, 0.1) is 23.6 Å². The maximum atomic E-state index is 13.3. The van der Waals surface area contributed by atoms with E-state index in [2.05, 4.69) is 32.4 Å². The Balaban J connectivity index is 1.67. The molecular weight excluding hydrogens is 458 g/mol. The van der Waals surface area contributed by atoms with Gasteiger partial charge >= 0.3 is 0 Å². The van der Waals surface area contributed by atoms with Crippen molar-refractivity contribution < 1.29 is 14.0 Å². The van der Waals surface area contributed by atoms with Gasteiger partial charge in [0.1, 0.15) is 11.8 Å². The van der Waals surface area contributed by atoms with Crippen molar-refractivity contribution in [1.82, 2.24) is 10.3 Å². The van der Waals surface area contributed by atoms with Crippen LogP contribution in [0.5, 0.6) is 0 Å². The van der Waals surface area contributed by atoms with Crippen molar-refractivity contribution in [2.24, 2.45) is 11.0 Å². The summed E-state index contributed by atoms with van der Waals surface area (Å²) in [6, 6.07) is 13.0. The third kappa shape index (κ3) is 3.49. The van der Waals surface area contributed by atoms with E-state index in [1.54, 1.807) is 12.3 Å². The fourth-order valence-corrected chi connectivity index (χ4v) is 4.89. The van der Waals surface area contributed by atoms with Crippen molar-refractivity contribution >= 4 is 39.0 Å². The molecule has 156 valence electrons. The molecule has 31 heavy (non-hydrogen) atoms. The molecule has 1 aliphatic carbocycles. The highest BCUT2D eigenvalue weighted by Crippen LogP contribution is 2.41. The van der Waals surface area contributed by atoms with Gasteiger partial charge in [0, 0.05) is 23.7 Å². The van der Waals surface area contributed by atoms with E-state index in [1.807, 2.05) is 48.6 Å². The van der Waals surface area contributed by atoms with E-state index >= 15 is 0 Å². The van der Waals surface area contributed by atoms with Gasteiger partial charge in [-0.25, -0.2) is 5.01 Å². The van der Waals surface area contributed by atoms with Crippen LogP contribution in [0.1, 0.15) is 30.7 Å². The summed E-state index contributed by atoms with van der Waals surface area (Å²) in [5, 5.41) is 9.12. The number of carbonyl (C=O) groups is 2. The molecule has 3 aliphatic rings. The van der Waals surface area contributed by atoms with Gasteiger partial charge in [0.15, 0.2) is 0 Å². The molecule has 2 amide bonds. The topological polar surface area (TPSA) is 74.9 Å². The minimum absolute atomic E-state index is 0.0504. The number of allylic oxidation sites excluding steroid dienone is 2. The lowest BCUT2D eigenvalue weighted by Crippen LogP contribution is -2.46. The lowest BCUT2D eigenvalue weighted by Gasteiger charge is -2.35. The molecule has 5 rings (SSSR count). The number of fused-ring (bicyclic) bond motifs is 1. The quantitative estimate of drug-likeness (QED) is 0.713. The van der Waals surface area contributed by atoms with Crippen molar-refractivity contribution in [2.75, 3.05) is 0 Å². The SMILES string of the molecule is CC(=O)N1N=C(C2=C(c3ccccc3)C3C=C(Br)C=CC3NC2=O)CC1c1ccco1. The molecule has 0 saturated heterocycles. The smallest absolute Gasteiger partial charge is 0.254 e. The molecule has 3 unspecified atom stereocenters. The molecule has 7 heteroatoms. The van der Waals surface area contributed by atoms with Crippen LogP contribution in [-0.2, 0) is 9.59 Å². The number of furan rings is 1. The van der Waals surface area contributed by atoms with Crippen LogP contribution in [0, 0.1) is 5.92 Å². The summed E-state index contributed by atoms with van der Waals surface area (Å²) in [5.41, 5.74) is 3.00. The third-order valence-corrected chi connectivity index (χ3v) is 6.32. The van der Waals surface area contributed by atoms with E-state index < -0.39 is 0 Å². The second-order valence-electron chi connectivity index (χ2n) is 7.74. The van der Waals surface area contributed by atoms with Crippen LogP contribution >= 0.6 is 15.9 Å². The van der Waals surface area contributed by atoms with Crippen LogP contribution in [0.25, 0.3) is 5.57 Å². The number of carbonyl (C=O) groups excluding carboxylic acids is 2. The molecule has 2 aliphatic heterocycles. The minimum atomic E-state index is -0.369. The van der Waals surface area contributed by atoms with E-state index in [0.717, 1.165) is 15.6 Å². The van der Waals surface area contributed by atoms with E-state index in [9.17, 15) is 9.59 Å². The first-order valence-electron chi connectivity index (χ1n) is 10.1. The Bertz CT molecular complexity index is 1160. The maximum absolute atomic E-state index is 13.3. The first-order valence-corrected chi connectivity index (χ1v) is 10.9. The Morgan fingerprint density at radius 2 is 2.03 bits per heavy atom. The number of halogens is 1. The monoisotopic (exact) mass is 477 g/mol. The molecule has 0 saturated carbocycles. The predicted octanol–water partition coefficient (Wildman–Crippen LogP) is 4.35. The van der Waals surface area contributed by atoms with Gasteiger partial charge < -0.3 is 9.73 Å². The molecule has 0 bridgehead atoms. The molecule has 3 atom stereocenters. The number of nitrogens with one attached hydrogen (secondary N) is 1. The van der Waals surface area contributed by atoms with Gasteiger partial charge in [0.2, 0.25) is 5.91 Å². The number of hydrogen-bond acceptors (Lipinski definition) is 4. The van der Waals surface area contributed by atoms with E-state index in [1.165, 1.54) is 11.9 Å². The molecule has 1 N–H and O–H groups in total. The lowest BCUT2D eigenvalue weighted by atomic mass is 9.77. The van der Waals surface area contributed by atoms with Gasteiger partial charge in [-0.1, -0.05) is 64.5 Å². The van der Waals surface area contributed by atoms with Gasteiger partial charge in [0.25, 0.3) is 5.91 Å². The Kier molecular flexibility index (Phi) is 4.98. The van der Waals surface area contributed by atoms with E-state index in [4.69, 9.17) is 4.42 Å². The van der Waals surface area contributed by atoms with Crippen molar-refractivity contribution in [3.8, 4) is 0 Å². The molecular formula is C24H20BrN3O3. The lowest BCUT2D eigenvalue weighted by molar-refractivity contribution is -0.131. The number of hydrogen-bond donors (Lipinski definition) is 1. The Hall–Kier alpha value is -3.19. The van der Waals surface area contributed by atoms with Crippen LogP contribution in [0.2, 0.25) is 0 Å². The Labute approximate surface area is 188 Å². The van der Waals surface area contributed by atoms with Gasteiger partial charge in [-0.05, 0) is 23.3 Å². The van der Waals surface area contributed by atoms with Crippen molar-refractivity contribution in [3.63, 3.8) is 0 Å². The zero-order valence-electron chi connectivity index (χ0n) is 16.8. The predicted molar refractivity (Wildman–Crippen MR) is 121 cm³/mol. The number of hydrazone groups is 1. The number of amides is 2. The van der Waals surface area contributed by atoms with Crippen molar-refractivity contribution in [2.45, 2.75) is 25.4 Å². The molecule has 6 nitrogen and oxygen atoms in total. The molecule has 0 radical (unpaired) electrons. The highest BCUT2D eigenvalue weighted by molar-refractivity contribution is 9.11. The van der Waals surface area contributed by atoms with Crippen LogP contribution in [0.3, 0.4) is 0 Å². The molecule has 0 fully saturated rings. The average Bonchev–Trinajstić information content (AvgIpc) is 3.43. The number of benzene rings is 1. The first-order chi connectivity index (χ1) is 15.0. The fraction of sp³-hybridized carbons (Fsp3) is 0.208. The second-order valence-corrected chi connectivity index (χ2v) is 8.65. The van der Waals surface area contributed by atoms with Crippen molar-refractivity contribution in [1.29, 1.82) is 0 Å².